The number of methoxy groups -OCH3 is 1. The average molecular weight is 294 g/mol. The monoisotopic (exact) mass is 293 g/mol. The lowest BCUT2D eigenvalue weighted by molar-refractivity contribution is 0.416. The smallest absolute Gasteiger partial charge is 0.229 e. The normalized spacial score (nSPS) is 11.2. The number of anilines is 1. The Labute approximate surface area is 97.8 Å². The number of benzene rings is 1. The molecular weight excluding hydrogens is 282 g/mol. The van der Waals surface area contributed by atoms with Crippen LogP contribution in [0.25, 0.3) is 0 Å². The van der Waals surface area contributed by atoms with Crippen LogP contribution in [0.4, 0.5) is 5.69 Å². The molecule has 0 amide bonds. The second-order valence-corrected chi connectivity index (χ2v) is 5.84. The lowest BCUT2D eigenvalue weighted by Gasteiger charge is -2.13. The van der Waals surface area contributed by atoms with Crippen LogP contribution < -0.4 is 9.46 Å². The van der Waals surface area contributed by atoms with Crippen molar-refractivity contribution < 1.29 is 13.2 Å². The van der Waals surface area contributed by atoms with Gasteiger partial charge < -0.3 is 4.74 Å². The Balaban J connectivity index is 3.27. The van der Waals surface area contributed by atoms with E-state index < -0.39 is 10.0 Å². The van der Waals surface area contributed by atoms with E-state index in [0.717, 1.165) is 16.3 Å². The standard InChI is InChI=1S/C9H12BrNO3S/c1-6-4-7(10)5-8(14-2)9(6)11-15(3,12)13/h4-5,11H,1-3H3. The van der Waals surface area contributed by atoms with Gasteiger partial charge >= 0.3 is 0 Å². The van der Waals surface area contributed by atoms with Crippen molar-refractivity contribution >= 4 is 31.6 Å². The van der Waals surface area contributed by atoms with Crippen LogP contribution in [0.1, 0.15) is 5.56 Å². The largest absolute Gasteiger partial charge is 0.495 e. The summed E-state index contributed by atoms with van der Waals surface area (Å²) < 4.78 is 30.6. The molecule has 84 valence electrons. The summed E-state index contributed by atoms with van der Waals surface area (Å²) in [6.45, 7) is 1.81. The molecule has 1 rings (SSSR count). The average Bonchev–Trinajstić information content (AvgIpc) is 2.07. The number of hydrogen-bond acceptors (Lipinski definition) is 3. The van der Waals surface area contributed by atoms with Gasteiger partial charge in [-0.1, -0.05) is 15.9 Å². The number of hydrogen-bond donors (Lipinski definition) is 1. The predicted molar refractivity (Wildman–Crippen MR) is 63.9 cm³/mol. The fourth-order valence-corrected chi connectivity index (χ4v) is 2.37. The number of rotatable bonds is 3. The van der Waals surface area contributed by atoms with Crippen molar-refractivity contribution in [2.45, 2.75) is 6.92 Å². The van der Waals surface area contributed by atoms with Crippen LogP contribution in [-0.2, 0) is 10.0 Å². The molecule has 0 unspecified atom stereocenters. The zero-order valence-electron chi connectivity index (χ0n) is 8.67. The summed E-state index contributed by atoms with van der Waals surface area (Å²) in [6.07, 6.45) is 1.11. The van der Waals surface area contributed by atoms with Crippen LogP contribution in [0.2, 0.25) is 0 Å². The van der Waals surface area contributed by atoms with Gasteiger partial charge in [0.1, 0.15) is 5.75 Å². The highest BCUT2D eigenvalue weighted by Crippen LogP contribution is 2.32. The van der Waals surface area contributed by atoms with E-state index in [9.17, 15) is 8.42 Å². The van der Waals surface area contributed by atoms with E-state index in [1.54, 1.807) is 13.0 Å². The Morgan fingerprint density at radius 1 is 1.40 bits per heavy atom. The first kappa shape index (κ1) is 12.3. The molecule has 0 spiro atoms. The zero-order valence-corrected chi connectivity index (χ0v) is 11.1. The third-order valence-corrected chi connectivity index (χ3v) is 2.80. The van der Waals surface area contributed by atoms with Crippen molar-refractivity contribution in [2.75, 3.05) is 18.1 Å². The molecule has 0 aliphatic heterocycles. The molecule has 0 aliphatic carbocycles. The molecule has 0 saturated heterocycles. The van der Waals surface area contributed by atoms with Crippen LogP contribution >= 0.6 is 15.9 Å². The molecule has 0 aliphatic rings. The molecule has 4 nitrogen and oxygen atoms in total. The second-order valence-electron chi connectivity index (χ2n) is 3.17. The summed E-state index contributed by atoms with van der Waals surface area (Å²) >= 11 is 3.31. The zero-order chi connectivity index (χ0) is 11.6. The summed E-state index contributed by atoms with van der Waals surface area (Å²) in [5, 5.41) is 0. The number of halogens is 1. The van der Waals surface area contributed by atoms with Crippen molar-refractivity contribution in [3.05, 3.63) is 22.2 Å². The third kappa shape index (κ3) is 3.39. The predicted octanol–water partition coefficient (Wildman–Crippen LogP) is 2.14. The van der Waals surface area contributed by atoms with Crippen molar-refractivity contribution in [1.82, 2.24) is 0 Å². The first-order valence-corrected chi connectivity index (χ1v) is 6.84. The van der Waals surface area contributed by atoms with E-state index in [4.69, 9.17) is 4.74 Å². The fraction of sp³-hybridized carbons (Fsp3) is 0.333. The fourth-order valence-electron chi connectivity index (χ4n) is 1.19. The topological polar surface area (TPSA) is 55.4 Å². The van der Waals surface area contributed by atoms with Gasteiger partial charge in [0.05, 0.1) is 19.1 Å². The van der Waals surface area contributed by atoms with Gasteiger partial charge in [-0.15, -0.1) is 0 Å². The maximum Gasteiger partial charge on any atom is 0.229 e. The van der Waals surface area contributed by atoms with Gasteiger partial charge in [0, 0.05) is 4.47 Å². The van der Waals surface area contributed by atoms with E-state index in [-0.39, 0.29) is 0 Å². The first-order valence-electron chi connectivity index (χ1n) is 4.15. The second kappa shape index (κ2) is 4.40. The van der Waals surface area contributed by atoms with Gasteiger partial charge in [0.15, 0.2) is 0 Å². The summed E-state index contributed by atoms with van der Waals surface area (Å²) in [4.78, 5) is 0. The van der Waals surface area contributed by atoms with E-state index >= 15 is 0 Å². The molecule has 0 atom stereocenters. The highest BCUT2D eigenvalue weighted by Gasteiger charge is 2.11. The Bertz CT molecular complexity index is 470. The number of nitrogens with one attached hydrogen (secondary N) is 1. The number of aryl methyl sites for hydroxylation is 1. The molecule has 0 saturated carbocycles. The lowest BCUT2D eigenvalue weighted by atomic mass is 10.2. The van der Waals surface area contributed by atoms with Gasteiger partial charge in [0.2, 0.25) is 10.0 Å². The molecular formula is C9H12BrNO3S. The summed E-state index contributed by atoms with van der Waals surface area (Å²) in [7, 11) is -1.80. The maximum atomic E-state index is 11.1. The molecule has 15 heavy (non-hydrogen) atoms. The highest BCUT2D eigenvalue weighted by molar-refractivity contribution is 9.10. The van der Waals surface area contributed by atoms with Gasteiger partial charge in [0.25, 0.3) is 0 Å². The molecule has 0 heterocycles. The van der Waals surface area contributed by atoms with Crippen molar-refractivity contribution in [3.63, 3.8) is 0 Å². The Hall–Kier alpha value is -0.750. The van der Waals surface area contributed by atoms with E-state index in [1.807, 2.05) is 6.07 Å². The summed E-state index contributed by atoms with van der Waals surface area (Å²) in [6, 6.07) is 3.52. The van der Waals surface area contributed by atoms with Crippen LogP contribution in [0.15, 0.2) is 16.6 Å². The van der Waals surface area contributed by atoms with Gasteiger partial charge in [-0.3, -0.25) is 4.72 Å². The minimum absolute atomic E-state index is 0.475. The molecule has 1 N–H and O–H groups in total. The Morgan fingerprint density at radius 3 is 2.47 bits per heavy atom. The Kier molecular flexibility index (Phi) is 3.62. The minimum atomic E-state index is -3.29. The van der Waals surface area contributed by atoms with Gasteiger partial charge in [-0.05, 0) is 24.6 Å². The van der Waals surface area contributed by atoms with E-state index in [0.29, 0.717) is 11.4 Å². The third-order valence-electron chi connectivity index (χ3n) is 1.77. The van der Waals surface area contributed by atoms with Crippen LogP contribution in [-0.4, -0.2) is 21.8 Å². The van der Waals surface area contributed by atoms with Crippen LogP contribution in [0, 0.1) is 6.92 Å². The van der Waals surface area contributed by atoms with Crippen LogP contribution in [0.3, 0.4) is 0 Å². The van der Waals surface area contributed by atoms with Gasteiger partial charge in [-0.25, -0.2) is 8.42 Å². The molecule has 0 aromatic heterocycles. The number of sulfonamides is 1. The van der Waals surface area contributed by atoms with E-state index in [2.05, 4.69) is 20.7 Å². The molecule has 6 heteroatoms. The molecule has 1 aromatic rings. The molecule has 0 radical (unpaired) electrons. The molecule has 0 bridgehead atoms. The first-order chi connectivity index (χ1) is 6.83. The van der Waals surface area contributed by atoms with Crippen molar-refractivity contribution in [3.8, 4) is 5.75 Å². The van der Waals surface area contributed by atoms with Crippen molar-refractivity contribution in [2.24, 2.45) is 0 Å². The summed E-state index contributed by atoms with van der Waals surface area (Å²) in [5.74, 6) is 0.493. The SMILES string of the molecule is COc1cc(Br)cc(C)c1NS(C)(=O)=O. The summed E-state index contributed by atoms with van der Waals surface area (Å²) in [5.41, 5.74) is 1.27. The maximum absolute atomic E-state index is 11.1. The number of ether oxygens (including phenoxy) is 1. The Morgan fingerprint density at radius 2 is 2.00 bits per heavy atom. The van der Waals surface area contributed by atoms with E-state index in [1.165, 1.54) is 7.11 Å². The minimum Gasteiger partial charge on any atom is -0.495 e. The van der Waals surface area contributed by atoms with Crippen LogP contribution in [0.5, 0.6) is 5.75 Å². The van der Waals surface area contributed by atoms with Gasteiger partial charge in [-0.2, -0.15) is 0 Å². The molecule has 1 aromatic carbocycles. The lowest BCUT2D eigenvalue weighted by Crippen LogP contribution is -2.11. The van der Waals surface area contributed by atoms with Crippen molar-refractivity contribution in [1.29, 1.82) is 0 Å². The quantitative estimate of drug-likeness (QED) is 0.929. The molecule has 0 fully saturated rings. The highest BCUT2D eigenvalue weighted by atomic mass is 79.9.